The lowest BCUT2D eigenvalue weighted by Gasteiger charge is -2.06. The van der Waals surface area contributed by atoms with Crippen molar-refractivity contribution in [1.29, 1.82) is 0 Å². The number of halogens is 1. The van der Waals surface area contributed by atoms with E-state index in [1.54, 1.807) is 24.4 Å². The van der Waals surface area contributed by atoms with Crippen molar-refractivity contribution in [2.24, 2.45) is 0 Å². The predicted molar refractivity (Wildman–Crippen MR) is 105 cm³/mol. The number of aliphatic hydroxyl groups excluding tert-OH is 1. The number of hydrogen-bond acceptors (Lipinski definition) is 2. The molecular formula is C22H18ClNO. The minimum atomic E-state index is -0.677. The highest BCUT2D eigenvalue weighted by Crippen LogP contribution is 2.20. The Balaban J connectivity index is 1.65. The molecule has 2 nitrogen and oxygen atoms in total. The molecule has 25 heavy (non-hydrogen) atoms. The van der Waals surface area contributed by atoms with Crippen LogP contribution in [0.1, 0.15) is 28.4 Å². The molecule has 0 aliphatic rings. The first-order chi connectivity index (χ1) is 12.2. The lowest BCUT2D eigenvalue weighted by molar-refractivity contribution is 0.229. The maximum Gasteiger partial charge on any atom is 0.0975 e. The standard InChI is InChI=1S/C22H18ClNO/c23-21-5-1-4-20(15-21)22(25)13-12-18-8-6-17(7-9-18)10-11-19-3-2-14-24-16-19/h1-16,22,25H/b11-10+,13-12+. The molecule has 1 atom stereocenters. The molecule has 124 valence electrons. The van der Waals surface area contributed by atoms with E-state index in [9.17, 15) is 5.11 Å². The van der Waals surface area contributed by atoms with Gasteiger partial charge < -0.3 is 5.11 Å². The molecule has 0 aliphatic carbocycles. The molecule has 1 N–H and O–H groups in total. The number of rotatable bonds is 5. The summed E-state index contributed by atoms with van der Waals surface area (Å²) in [7, 11) is 0. The fraction of sp³-hybridized carbons (Fsp3) is 0.0455. The fourth-order valence-electron chi connectivity index (χ4n) is 2.39. The second kappa shape index (κ2) is 8.43. The molecule has 0 saturated carbocycles. The third kappa shape index (κ3) is 5.15. The molecule has 0 spiro atoms. The van der Waals surface area contributed by atoms with E-state index in [4.69, 9.17) is 11.6 Å². The molecule has 3 heteroatoms. The Kier molecular flexibility index (Phi) is 5.78. The van der Waals surface area contributed by atoms with Crippen molar-refractivity contribution in [3.8, 4) is 0 Å². The van der Waals surface area contributed by atoms with Gasteiger partial charge in [0.2, 0.25) is 0 Å². The monoisotopic (exact) mass is 347 g/mol. The Labute approximate surface area is 152 Å². The molecule has 1 heterocycles. The number of aromatic nitrogens is 1. The zero-order valence-corrected chi connectivity index (χ0v) is 14.3. The average Bonchev–Trinajstić information content (AvgIpc) is 2.66. The molecule has 1 unspecified atom stereocenters. The smallest absolute Gasteiger partial charge is 0.0975 e. The largest absolute Gasteiger partial charge is 0.384 e. The highest BCUT2D eigenvalue weighted by atomic mass is 35.5. The highest BCUT2D eigenvalue weighted by molar-refractivity contribution is 6.30. The maximum absolute atomic E-state index is 10.2. The molecule has 0 radical (unpaired) electrons. The molecule has 3 aromatic rings. The van der Waals surface area contributed by atoms with Crippen LogP contribution in [0, 0.1) is 0 Å². The molecule has 3 rings (SSSR count). The van der Waals surface area contributed by atoms with Crippen molar-refractivity contribution in [1.82, 2.24) is 4.98 Å². The van der Waals surface area contributed by atoms with Crippen LogP contribution in [-0.4, -0.2) is 10.1 Å². The molecule has 0 aliphatic heterocycles. The van der Waals surface area contributed by atoms with Gasteiger partial charge in [0.15, 0.2) is 0 Å². The van der Waals surface area contributed by atoms with Crippen molar-refractivity contribution >= 4 is 29.8 Å². The average molecular weight is 348 g/mol. The van der Waals surface area contributed by atoms with Gasteiger partial charge in [-0.05, 0) is 40.5 Å². The first-order valence-corrected chi connectivity index (χ1v) is 8.38. The molecule has 0 saturated heterocycles. The second-order valence-corrected chi connectivity index (χ2v) is 6.08. The van der Waals surface area contributed by atoms with E-state index in [-0.39, 0.29) is 0 Å². The number of pyridine rings is 1. The van der Waals surface area contributed by atoms with Gasteiger partial charge in [0, 0.05) is 17.4 Å². The zero-order valence-electron chi connectivity index (χ0n) is 13.6. The van der Waals surface area contributed by atoms with Gasteiger partial charge in [-0.1, -0.05) is 78.4 Å². The first-order valence-electron chi connectivity index (χ1n) is 8.01. The predicted octanol–water partition coefficient (Wildman–Crippen LogP) is 5.65. The van der Waals surface area contributed by atoms with Gasteiger partial charge in [0.1, 0.15) is 0 Å². The van der Waals surface area contributed by atoms with Crippen molar-refractivity contribution in [2.75, 3.05) is 0 Å². The van der Waals surface area contributed by atoms with E-state index in [0.29, 0.717) is 5.02 Å². The van der Waals surface area contributed by atoms with Crippen molar-refractivity contribution in [3.05, 3.63) is 106 Å². The first kappa shape index (κ1) is 17.2. The lowest BCUT2D eigenvalue weighted by Crippen LogP contribution is -1.92. The molecule has 1 aromatic heterocycles. The van der Waals surface area contributed by atoms with Crippen LogP contribution < -0.4 is 0 Å². The molecule has 0 amide bonds. The Morgan fingerprint density at radius 1 is 0.840 bits per heavy atom. The minimum Gasteiger partial charge on any atom is -0.384 e. The van der Waals surface area contributed by atoms with E-state index in [1.807, 2.05) is 73.0 Å². The zero-order chi connectivity index (χ0) is 17.5. The summed E-state index contributed by atoms with van der Waals surface area (Å²) in [6.45, 7) is 0. The van der Waals surface area contributed by atoms with Gasteiger partial charge in [0.05, 0.1) is 6.10 Å². The topological polar surface area (TPSA) is 33.1 Å². The summed E-state index contributed by atoms with van der Waals surface area (Å²) in [6, 6.07) is 19.3. The van der Waals surface area contributed by atoms with E-state index >= 15 is 0 Å². The van der Waals surface area contributed by atoms with Crippen LogP contribution in [0.25, 0.3) is 18.2 Å². The van der Waals surface area contributed by atoms with Crippen molar-refractivity contribution in [2.45, 2.75) is 6.10 Å². The summed E-state index contributed by atoms with van der Waals surface area (Å²) in [6.07, 6.45) is 10.6. The summed E-state index contributed by atoms with van der Waals surface area (Å²) in [5, 5.41) is 10.8. The van der Waals surface area contributed by atoms with E-state index < -0.39 is 6.10 Å². The van der Waals surface area contributed by atoms with Gasteiger partial charge in [0.25, 0.3) is 0 Å². The van der Waals surface area contributed by atoms with Crippen molar-refractivity contribution in [3.63, 3.8) is 0 Å². The highest BCUT2D eigenvalue weighted by Gasteiger charge is 2.03. The lowest BCUT2D eigenvalue weighted by atomic mass is 10.1. The van der Waals surface area contributed by atoms with E-state index in [0.717, 1.165) is 22.3 Å². The Hall–Kier alpha value is -2.68. The van der Waals surface area contributed by atoms with Gasteiger partial charge in [-0.15, -0.1) is 0 Å². The summed E-state index contributed by atoms with van der Waals surface area (Å²) >= 11 is 5.95. The Bertz CT molecular complexity index is 870. The fourth-order valence-corrected chi connectivity index (χ4v) is 2.59. The Morgan fingerprint density at radius 3 is 2.24 bits per heavy atom. The quantitative estimate of drug-likeness (QED) is 0.646. The van der Waals surface area contributed by atoms with Crippen LogP contribution in [0.3, 0.4) is 0 Å². The van der Waals surface area contributed by atoms with E-state index in [2.05, 4.69) is 4.98 Å². The number of hydrogen-bond donors (Lipinski definition) is 1. The maximum atomic E-state index is 10.2. The SMILES string of the molecule is OC(/C=C/c1ccc(/C=C/c2cccnc2)cc1)c1cccc(Cl)c1. The van der Waals surface area contributed by atoms with Crippen LogP contribution in [0.2, 0.25) is 5.02 Å². The third-order valence-corrected chi connectivity index (χ3v) is 3.99. The second-order valence-electron chi connectivity index (χ2n) is 5.65. The van der Waals surface area contributed by atoms with Crippen LogP contribution in [-0.2, 0) is 0 Å². The van der Waals surface area contributed by atoms with Gasteiger partial charge in [-0.25, -0.2) is 0 Å². The summed E-state index contributed by atoms with van der Waals surface area (Å²) in [4.78, 5) is 4.09. The number of benzene rings is 2. The van der Waals surface area contributed by atoms with Crippen molar-refractivity contribution < 1.29 is 5.11 Å². The molecular weight excluding hydrogens is 330 g/mol. The Morgan fingerprint density at radius 2 is 1.56 bits per heavy atom. The number of aliphatic hydroxyl groups is 1. The van der Waals surface area contributed by atoms with Crippen LogP contribution in [0.4, 0.5) is 0 Å². The molecule has 0 bridgehead atoms. The number of nitrogens with zero attached hydrogens (tertiary/aromatic N) is 1. The normalized spacial score (nSPS) is 12.7. The summed E-state index contributed by atoms with van der Waals surface area (Å²) < 4.78 is 0. The molecule has 2 aromatic carbocycles. The summed E-state index contributed by atoms with van der Waals surface area (Å²) in [5.41, 5.74) is 3.98. The van der Waals surface area contributed by atoms with Gasteiger partial charge >= 0.3 is 0 Å². The van der Waals surface area contributed by atoms with Crippen LogP contribution in [0.15, 0.2) is 79.1 Å². The van der Waals surface area contributed by atoms with E-state index in [1.165, 1.54) is 0 Å². The molecule has 0 fully saturated rings. The minimum absolute atomic E-state index is 0.620. The third-order valence-electron chi connectivity index (χ3n) is 3.75. The van der Waals surface area contributed by atoms with Gasteiger partial charge in [-0.3, -0.25) is 4.98 Å². The summed E-state index contributed by atoms with van der Waals surface area (Å²) in [5.74, 6) is 0. The van der Waals surface area contributed by atoms with Gasteiger partial charge in [-0.2, -0.15) is 0 Å². The van der Waals surface area contributed by atoms with Crippen LogP contribution in [0.5, 0.6) is 0 Å². The van der Waals surface area contributed by atoms with Crippen LogP contribution >= 0.6 is 11.6 Å².